The highest BCUT2D eigenvalue weighted by molar-refractivity contribution is 5.91. The van der Waals surface area contributed by atoms with Gasteiger partial charge in [-0.3, -0.25) is 9.59 Å². The monoisotopic (exact) mass is 277 g/mol. The molecule has 5 nitrogen and oxygen atoms in total. The van der Waals surface area contributed by atoms with Gasteiger partial charge in [0, 0.05) is 6.04 Å². The number of carboxylic acid groups (broad SMARTS) is 1. The van der Waals surface area contributed by atoms with Crippen LogP contribution in [0.1, 0.15) is 32.1 Å². The number of likely N-dealkylation sites (tertiary alicyclic amines) is 1. The van der Waals surface area contributed by atoms with E-state index < -0.39 is 29.5 Å². The minimum Gasteiger partial charge on any atom is -0.481 e. The summed E-state index contributed by atoms with van der Waals surface area (Å²) in [7, 11) is 0. The summed E-state index contributed by atoms with van der Waals surface area (Å²) in [6.45, 7) is 0.540. The topological polar surface area (TPSA) is 66.8 Å². The first-order chi connectivity index (χ1) is 9.62. The van der Waals surface area contributed by atoms with Gasteiger partial charge in [-0.2, -0.15) is 0 Å². The first-order valence-electron chi connectivity index (χ1n) is 7.53. The summed E-state index contributed by atoms with van der Waals surface area (Å²) in [6.07, 6.45) is 8.98. The zero-order chi connectivity index (χ0) is 13.9. The van der Waals surface area contributed by atoms with Crippen LogP contribution in [-0.2, 0) is 14.3 Å². The molecule has 4 rings (SSSR count). The Hall–Kier alpha value is -1.36. The van der Waals surface area contributed by atoms with Crippen LogP contribution in [-0.4, -0.2) is 46.2 Å². The van der Waals surface area contributed by atoms with Crippen LogP contribution in [0.25, 0.3) is 0 Å². The number of carbonyl (C=O) groups excluding carboxylic acids is 1. The van der Waals surface area contributed by atoms with Crippen LogP contribution in [0.3, 0.4) is 0 Å². The van der Waals surface area contributed by atoms with Crippen LogP contribution >= 0.6 is 0 Å². The number of nitrogens with zero attached hydrogens (tertiary/aromatic N) is 1. The number of carbonyl (C=O) groups is 2. The standard InChI is InChI=1S/C15H19NO4/c17-13-12-11(14(18)19)10-6-7-15(12,20-10)8-16(13)9-4-2-1-3-5-9/h6-7,9-12H,1-5,8H2,(H,18,19)/t10-,11-,12+,15+/m1/s1. The average molecular weight is 277 g/mol. The number of ether oxygens (including phenoxy) is 1. The number of fused-ring (bicyclic) bond motifs is 1. The molecule has 1 aliphatic carbocycles. The lowest BCUT2D eigenvalue weighted by atomic mass is 9.77. The Bertz CT molecular complexity index is 496. The molecule has 0 radical (unpaired) electrons. The summed E-state index contributed by atoms with van der Waals surface area (Å²) in [5.74, 6) is -2.14. The van der Waals surface area contributed by atoms with Crippen LogP contribution in [0.5, 0.6) is 0 Å². The molecular formula is C15H19NO4. The first-order valence-corrected chi connectivity index (χ1v) is 7.53. The third-order valence-electron chi connectivity index (χ3n) is 5.43. The Morgan fingerprint density at radius 2 is 2.10 bits per heavy atom. The Morgan fingerprint density at radius 3 is 2.80 bits per heavy atom. The van der Waals surface area contributed by atoms with Crippen LogP contribution in [0.15, 0.2) is 12.2 Å². The molecule has 3 fully saturated rings. The van der Waals surface area contributed by atoms with Crippen molar-refractivity contribution in [2.45, 2.75) is 49.9 Å². The van der Waals surface area contributed by atoms with Gasteiger partial charge in [0.25, 0.3) is 0 Å². The van der Waals surface area contributed by atoms with E-state index in [0.29, 0.717) is 6.54 Å². The van der Waals surface area contributed by atoms with Gasteiger partial charge in [-0.15, -0.1) is 0 Å². The Balaban J connectivity index is 1.65. The van der Waals surface area contributed by atoms with E-state index in [2.05, 4.69) is 0 Å². The summed E-state index contributed by atoms with van der Waals surface area (Å²) in [4.78, 5) is 26.1. The van der Waals surface area contributed by atoms with Gasteiger partial charge in [0.2, 0.25) is 5.91 Å². The van der Waals surface area contributed by atoms with Gasteiger partial charge in [-0.25, -0.2) is 0 Å². The van der Waals surface area contributed by atoms with Gasteiger partial charge in [0.1, 0.15) is 11.5 Å². The summed E-state index contributed by atoms with van der Waals surface area (Å²) < 4.78 is 5.89. The SMILES string of the molecule is O=C(O)[C@H]1[C@H]2C(=O)N(C3CCCCC3)C[C@@]23C=C[C@H]1O3. The molecule has 0 unspecified atom stereocenters. The molecule has 3 aliphatic heterocycles. The molecule has 3 heterocycles. The zero-order valence-electron chi connectivity index (χ0n) is 11.3. The molecule has 0 aromatic carbocycles. The molecule has 1 spiro atoms. The minimum absolute atomic E-state index is 0.00356. The smallest absolute Gasteiger partial charge is 0.310 e. The summed E-state index contributed by atoms with van der Waals surface area (Å²) in [5.41, 5.74) is -0.664. The molecule has 2 saturated heterocycles. The maximum atomic E-state index is 12.7. The van der Waals surface area contributed by atoms with Gasteiger partial charge in [-0.1, -0.05) is 31.4 Å². The Labute approximate surface area is 117 Å². The van der Waals surface area contributed by atoms with Crippen molar-refractivity contribution in [1.82, 2.24) is 4.90 Å². The van der Waals surface area contributed by atoms with E-state index in [1.165, 1.54) is 6.42 Å². The van der Waals surface area contributed by atoms with Gasteiger partial charge in [-0.05, 0) is 12.8 Å². The lowest BCUT2D eigenvalue weighted by Crippen LogP contribution is -2.42. The van der Waals surface area contributed by atoms with Crippen LogP contribution in [0, 0.1) is 11.8 Å². The van der Waals surface area contributed by atoms with Gasteiger partial charge in [0.15, 0.2) is 0 Å². The predicted octanol–water partition coefficient (Wildman–Crippen LogP) is 1.19. The normalized spacial score (nSPS) is 43.3. The lowest BCUT2D eigenvalue weighted by molar-refractivity contribution is -0.148. The van der Waals surface area contributed by atoms with Crippen LogP contribution in [0.4, 0.5) is 0 Å². The Morgan fingerprint density at radius 1 is 1.35 bits per heavy atom. The van der Waals surface area contributed by atoms with E-state index in [1.54, 1.807) is 0 Å². The molecule has 20 heavy (non-hydrogen) atoms. The van der Waals surface area contributed by atoms with Crippen molar-refractivity contribution in [3.8, 4) is 0 Å². The molecule has 5 heteroatoms. The fraction of sp³-hybridized carbons (Fsp3) is 0.733. The first kappa shape index (κ1) is 12.4. The molecule has 1 saturated carbocycles. The summed E-state index contributed by atoms with van der Waals surface area (Å²) in [5, 5.41) is 9.41. The van der Waals surface area contributed by atoms with E-state index >= 15 is 0 Å². The molecule has 1 amide bonds. The third kappa shape index (κ3) is 1.47. The molecule has 0 aromatic heterocycles. The van der Waals surface area contributed by atoms with Crippen molar-refractivity contribution >= 4 is 11.9 Å². The van der Waals surface area contributed by atoms with E-state index in [9.17, 15) is 14.7 Å². The maximum absolute atomic E-state index is 12.7. The van der Waals surface area contributed by atoms with Crippen molar-refractivity contribution < 1.29 is 19.4 Å². The quantitative estimate of drug-likeness (QED) is 0.770. The fourth-order valence-corrected chi connectivity index (χ4v) is 4.51. The number of carboxylic acids is 1. The highest BCUT2D eigenvalue weighted by atomic mass is 16.5. The highest BCUT2D eigenvalue weighted by Gasteiger charge is 2.67. The van der Waals surface area contributed by atoms with Crippen LogP contribution < -0.4 is 0 Å². The third-order valence-corrected chi connectivity index (χ3v) is 5.43. The van der Waals surface area contributed by atoms with Gasteiger partial charge >= 0.3 is 5.97 Å². The molecular weight excluding hydrogens is 258 g/mol. The molecule has 1 N–H and O–H groups in total. The summed E-state index contributed by atoms with van der Waals surface area (Å²) >= 11 is 0. The van der Waals surface area contributed by atoms with E-state index in [0.717, 1.165) is 25.7 Å². The Kier molecular flexibility index (Phi) is 2.52. The largest absolute Gasteiger partial charge is 0.481 e. The second-order valence-corrected chi connectivity index (χ2v) is 6.50. The number of hydrogen-bond acceptors (Lipinski definition) is 3. The van der Waals surface area contributed by atoms with Gasteiger partial charge in [0.05, 0.1) is 18.6 Å². The van der Waals surface area contributed by atoms with Crippen molar-refractivity contribution in [1.29, 1.82) is 0 Å². The second kappa shape index (κ2) is 4.07. The molecule has 108 valence electrons. The van der Waals surface area contributed by atoms with Crippen LogP contribution in [0.2, 0.25) is 0 Å². The number of hydrogen-bond donors (Lipinski definition) is 1. The fourth-order valence-electron chi connectivity index (χ4n) is 4.51. The van der Waals surface area contributed by atoms with E-state index in [-0.39, 0.29) is 11.9 Å². The minimum atomic E-state index is -0.912. The molecule has 4 atom stereocenters. The van der Waals surface area contributed by atoms with E-state index in [4.69, 9.17) is 4.74 Å². The molecule has 4 aliphatic rings. The van der Waals surface area contributed by atoms with Gasteiger partial charge < -0.3 is 14.7 Å². The van der Waals surface area contributed by atoms with Crippen molar-refractivity contribution in [2.24, 2.45) is 11.8 Å². The molecule has 2 bridgehead atoms. The van der Waals surface area contributed by atoms with E-state index in [1.807, 2.05) is 17.1 Å². The highest BCUT2D eigenvalue weighted by Crippen LogP contribution is 2.52. The molecule has 0 aromatic rings. The maximum Gasteiger partial charge on any atom is 0.310 e. The average Bonchev–Trinajstić information content (AvgIpc) is 3.08. The van der Waals surface area contributed by atoms with Crippen molar-refractivity contribution in [3.63, 3.8) is 0 Å². The number of rotatable bonds is 2. The predicted molar refractivity (Wildman–Crippen MR) is 69.9 cm³/mol. The number of amides is 1. The van der Waals surface area contributed by atoms with Crippen molar-refractivity contribution in [2.75, 3.05) is 6.54 Å². The van der Waals surface area contributed by atoms with Crippen molar-refractivity contribution in [3.05, 3.63) is 12.2 Å². The number of aliphatic carboxylic acids is 1. The second-order valence-electron chi connectivity index (χ2n) is 6.50. The zero-order valence-corrected chi connectivity index (χ0v) is 11.3. The summed E-state index contributed by atoms with van der Waals surface area (Å²) in [6, 6.07) is 0.279. The lowest BCUT2D eigenvalue weighted by Gasteiger charge is -2.32.